The summed E-state index contributed by atoms with van der Waals surface area (Å²) in [5, 5.41) is 0.821. The van der Waals surface area contributed by atoms with Gasteiger partial charge in [0.15, 0.2) is 9.84 Å². The van der Waals surface area contributed by atoms with Crippen molar-refractivity contribution in [3.8, 4) is 0 Å². The first kappa shape index (κ1) is 35.2. The number of amides is 1. The van der Waals surface area contributed by atoms with Crippen molar-refractivity contribution in [1.82, 2.24) is 9.21 Å². The van der Waals surface area contributed by atoms with Gasteiger partial charge in [-0.05, 0) is 106 Å². The smallest absolute Gasteiger partial charge is 0.230 e. The van der Waals surface area contributed by atoms with E-state index in [0.29, 0.717) is 59.0 Å². The Kier molecular flexibility index (Phi) is 12.2. The maximum absolute atomic E-state index is 13.7. The van der Waals surface area contributed by atoms with E-state index in [4.69, 9.17) is 23.2 Å². The highest BCUT2D eigenvalue weighted by atomic mass is 35.5. The number of piperidine rings is 2. The second-order valence-electron chi connectivity index (χ2n) is 12.7. The van der Waals surface area contributed by atoms with Crippen LogP contribution in [-0.2, 0) is 31.1 Å². The van der Waals surface area contributed by atoms with E-state index in [9.17, 15) is 21.6 Å². The van der Waals surface area contributed by atoms with Crippen molar-refractivity contribution in [3.63, 3.8) is 0 Å². The lowest BCUT2D eigenvalue weighted by Gasteiger charge is -2.35. The Balaban J connectivity index is 1.29. The fourth-order valence-electron chi connectivity index (χ4n) is 6.24. The third kappa shape index (κ3) is 9.66. The van der Waals surface area contributed by atoms with Gasteiger partial charge in [-0.1, -0.05) is 49.2 Å². The van der Waals surface area contributed by atoms with E-state index in [1.807, 2.05) is 32.0 Å². The third-order valence-corrected chi connectivity index (χ3v) is 12.8. The first-order valence-corrected chi connectivity index (χ1v) is 19.7. The summed E-state index contributed by atoms with van der Waals surface area (Å²) in [4.78, 5) is 18.3. The van der Waals surface area contributed by atoms with Gasteiger partial charge < -0.3 is 9.80 Å². The molecule has 2 aliphatic rings. The van der Waals surface area contributed by atoms with Gasteiger partial charge in [0, 0.05) is 31.2 Å². The van der Waals surface area contributed by atoms with Crippen LogP contribution in [0.15, 0.2) is 47.4 Å². The topological polar surface area (TPSA) is 95.1 Å². The molecule has 2 fully saturated rings. The average Bonchev–Trinajstić information content (AvgIpc) is 2.97. The molecule has 0 N–H and O–H groups in total. The number of sulfonamides is 1. The second-order valence-corrected chi connectivity index (χ2v) is 17.5. The van der Waals surface area contributed by atoms with Crippen LogP contribution in [0.3, 0.4) is 0 Å². The van der Waals surface area contributed by atoms with Crippen LogP contribution in [0.1, 0.15) is 51.5 Å². The van der Waals surface area contributed by atoms with E-state index < -0.39 is 19.9 Å². The molecule has 1 amide bonds. The zero-order valence-corrected chi connectivity index (χ0v) is 29.1. The molecule has 244 valence electrons. The highest BCUT2D eigenvalue weighted by molar-refractivity contribution is 7.91. The molecule has 44 heavy (non-hydrogen) atoms. The number of halogens is 2. The molecule has 2 aliphatic heterocycles. The number of likely N-dealkylation sites (tertiary alicyclic amines) is 1. The molecular weight excluding hydrogens is 641 g/mol. The molecule has 2 aromatic carbocycles. The van der Waals surface area contributed by atoms with Crippen molar-refractivity contribution in [2.24, 2.45) is 17.8 Å². The van der Waals surface area contributed by atoms with Crippen molar-refractivity contribution in [3.05, 3.63) is 58.1 Å². The molecule has 12 heteroatoms. The van der Waals surface area contributed by atoms with Crippen LogP contribution in [0.5, 0.6) is 0 Å². The van der Waals surface area contributed by atoms with Gasteiger partial charge in [0.25, 0.3) is 0 Å². The number of nitrogens with zero attached hydrogens (tertiary/aromatic N) is 3. The Morgan fingerprint density at radius 1 is 0.909 bits per heavy atom. The minimum Gasteiger partial charge on any atom is -0.312 e. The van der Waals surface area contributed by atoms with Crippen molar-refractivity contribution < 1.29 is 21.6 Å². The summed E-state index contributed by atoms with van der Waals surface area (Å²) in [5.41, 5.74) is 1.88. The molecule has 0 aromatic heterocycles. The lowest BCUT2D eigenvalue weighted by Crippen LogP contribution is -2.45. The Morgan fingerprint density at radius 3 is 2.11 bits per heavy atom. The monoisotopic (exact) mass is 685 g/mol. The number of hydrogen-bond donors (Lipinski definition) is 0. The molecule has 2 aromatic rings. The third-order valence-electron chi connectivity index (χ3n) is 8.68. The predicted octanol–water partition coefficient (Wildman–Crippen LogP) is 5.77. The molecule has 0 radical (unpaired) electrons. The van der Waals surface area contributed by atoms with Crippen molar-refractivity contribution >= 4 is 54.7 Å². The number of sulfone groups is 1. The van der Waals surface area contributed by atoms with Gasteiger partial charge in [0.05, 0.1) is 26.9 Å². The minimum absolute atomic E-state index is 0.00160. The van der Waals surface area contributed by atoms with Crippen molar-refractivity contribution in [2.75, 3.05) is 56.2 Å². The maximum Gasteiger partial charge on any atom is 0.230 e. The van der Waals surface area contributed by atoms with E-state index in [-0.39, 0.29) is 23.5 Å². The number of carbonyl (C=O) groups is 1. The highest BCUT2D eigenvalue weighted by Gasteiger charge is 2.32. The van der Waals surface area contributed by atoms with Gasteiger partial charge in [0.1, 0.15) is 0 Å². The summed E-state index contributed by atoms with van der Waals surface area (Å²) < 4.78 is 50.4. The molecule has 2 heterocycles. The lowest BCUT2D eigenvalue weighted by atomic mass is 9.90. The van der Waals surface area contributed by atoms with Crippen molar-refractivity contribution in [2.45, 2.75) is 57.3 Å². The lowest BCUT2D eigenvalue weighted by molar-refractivity contribution is -0.123. The van der Waals surface area contributed by atoms with E-state index in [1.165, 1.54) is 16.1 Å². The summed E-state index contributed by atoms with van der Waals surface area (Å²) in [5.74, 6) is 0.559. The van der Waals surface area contributed by atoms with E-state index in [1.54, 1.807) is 29.2 Å². The summed E-state index contributed by atoms with van der Waals surface area (Å²) >= 11 is 12.5. The number of anilines is 1. The normalized spacial score (nSPS) is 18.1. The van der Waals surface area contributed by atoms with Crippen LogP contribution in [0.25, 0.3) is 0 Å². The Hall–Kier alpha value is -1.69. The molecule has 0 spiro atoms. The van der Waals surface area contributed by atoms with Gasteiger partial charge in [0.2, 0.25) is 15.9 Å². The van der Waals surface area contributed by atoms with E-state index >= 15 is 0 Å². The average molecular weight is 687 g/mol. The van der Waals surface area contributed by atoms with Crippen molar-refractivity contribution in [1.29, 1.82) is 0 Å². The summed E-state index contributed by atoms with van der Waals surface area (Å²) in [6.45, 7) is 7.90. The zero-order chi connectivity index (χ0) is 32.1. The second kappa shape index (κ2) is 15.3. The predicted molar refractivity (Wildman–Crippen MR) is 179 cm³/mol. The summed E-state index contributed by atoms with van der Waals surface area (Å²) in [6, 6.07) is 12.7. The maximum atomic E-state index is 13.7. The minimum atomic E-state index is -3.27. The van der Waals surface area contributed by atoms with Crippen LogP contribution < -0.4 is 4.90 Å². The van der Waals surface area contributed by atoms with Crippen LogP contribution in [0.2, 0.25) is 10.0 Å². The van der Waals surface area contributed by atoms with Gasteiger partial charge >= 0.3 is 0 Å². The molecule has 0 saturated carbocycles. The van der Waals surface area contributed by atoms with Gasteiger partial charge in [-0.3, -0.25) is 4.79 Å². The Labute approximate surface area is 273 Å². The SMILES string of the molecule is CC(C)CS(=O)(=O)c1ccc(CC2CCN(CCCN(C(=O)C3CCN(S(C)(=O)=O)CC3)c3ccc(Cl)c(Cl)c3)CC2)cc1. The Morgan fingerprint density at radius 2 is 1.55 bits per heavy atom. The molecule has 0 bridgehead atoms. The highest BCUT2D eigenvalue weighted by Crippen LogP contribution is 2.30. The van der Waals surface area contributed by atoms with Gasteiger partial charge in [-0.2, -0.15) is 0 Å². The number of carbonyl (C=O) groups excluding carboxylic acids is 1. The standard InChI is InChI=1S/C32H45Cl2N3O5S2/c1-24(2)23-44(41,42)29-8-5-25(6-9-29)21-26-11-17-35(18-12-26)15-4-16-37(28-7-10-30(33)31(34)22-28)32(38)27-13-19-36(20-14-27)43(3,39)40/h5-10,22,24,26-27H,4,11-21,23H2,1-3H3. The van der Waals surface area contributed by atoms with Crippen LogP contribution in [-0.4, -0.2) is 83.2 Å². The Bertz CT molecular complexity index is 1480. The van der Waals surface area contributed by atoms with Crippen LogP contribution >= 0.6 is 23.2 Å². The molecule has 0 atom stereocenters. The zero-order valence-electron chi connectivity index (χ0n) is 25.9. The van der Waals surface area contributed by atoms with Gasteiger partial charge in [-0.25, -0.2) is 21.1 Å². The van der Waals surface area contributed by atoms with E-state index in [2.05, 4.69) is 4.90 Å². The summed E-state index contributed by atoms with van der Waals surface area (Å²) in [6.07, 6.45) is 6.08. The number of rotatable bonds is 12. The molecule has 0 unspecified atom stereocenters. The molecule has 2 saturated heterocycles. The molecular formula is C32H45Cl2N3O5S2. The van der Waals surface area contributed by atoms with Crippen LogP contribution in [0.4, 0.5) is 5.69 Å². The number of hydrogen-bond acceptors (Lipinski definition) is 6. The quantitative estimate of drug-likeness (QED) is 0.282. The van der Waals surface area contributed by atoms with Crippen LogP contribution in [0, 0.1) is 17.8 Å². The molecule has 8 nitrogen and oxygen atoms in total. The fraction of sp³-hybridized carbons (Fsp3) is 0.594. The van der Waals surface area contributed by atoms with Gasteiger partial charge in [-0.15, -0.1) is 0 Å². The number of benzene rings is 2. The molecule has 4 rings (SSSR count). The first-order chi connectivity index (χ1) is 20.7. The largest absolute Gasteiger partial charge is 0.312 e. The summed E-state index contributed by atoms with van der Waals surface area (Å²) in [7, 11) is -6.51. The molecule has 0 aliphatic carbocycles. The van der Waals surface area contributed by atoms with E-state index in [0.717, 1.165) is 45.3 Å². The first-order valence-electron chi connectivity index (χ1n) is 15.5. The fourth-order valence-corrected chi connectivity index (χ4v) is 9.03.